The van der Waals surface area contributed by atoms with Gasteiger partial charge in [-0.25, -0.2) is 4.68 Å². The van der Waals surface area contributed by atoms with Crippen LogP contribution >= 0.6 is 11.8 Å². The van der Waals surface area contributed by atoms with Gasteiger partial charge in [-0.2, -0.15) is 0 Å². The van der Waals surface area contributed by atoms with Crippen LogP contribution in [0.1, 0.15) is 35.5 Å². The fourth-order valence-electron chi connectivity index (χ4n) is 3.22. The van der Waals surface area contributed by atoms with Crippen LogP contribution in [0, 0.1) is 13.8 Å². The molecular formula is C21H23N5OS. The van der Waals surface area contributed by atoms with Crippen LogP contribution in [0.5, 0.6) is 0 Å². The van der Waals surface area contributed by atoms with Crippen molar-refractivity contribution in [2.45, 2.75) is 43.6 Å². The zero-order chi connectivity index (χ0) is 19.7. The van der Waals surface area contributed by atoms with E-state index in [9.17, 15) is 4.79 Å². The molecule has 0 saturated heterocycles. The van der Waals surface area contributed by atoms with E-state index in [1.165, 1.54) is 22.9 Å². The van der Waals surface area contributed by atoms with Gasteiger partial charge in [0, 0.05) is 5.69 Å². The molecule has 28 heavy (non-hydrogen) atoms. The van der Waals surface area contributed by atoms with E-state index >= 15 is 0 Å². The fourth-order valence-corrected chi connectivity index (χ4v) is 4.35. The molecule has 0 spiro atoms. The number of hydrogen-bond acceptors (Lipinski definition) is 5. The lowest BCUT2D eigenvalue weighted by atomic mass is 10.0. The van der Waals surface area contributed by atoms with Crippen LogP contribution < -0.4 is 10.7 Å². The first-order valence-corrected chi connectivity index (χ1v) is 10.2. The van der Waals surface area contributed by atoms with Crippen molar-refractivity contribution in [2.24, 2.45) is 0 Å². The highest BCUT2D eigenvalue weighted by Crippen LogP contribution is 2.37. The Morgan fingerprint density at radius 1 is 1.11 bits per heavy atom. The highest BCUT2D eigenvalue weighted by Gasteiger charge is 2.37. The Hall–Kier alpha value is -2.80. The number of carbonyl (C=O) groups is 1. The average molecular weight is 394 g/mol. The lowest BCUT2D eigenvalue weighted by Gasteiger charge is -2.32. The summed E-state index contributed by atoms with van der Waals surface area (Å²) in [6.45, 7) is 6.06. The van der Waals surface area contributed by atoms with Gasteiger partial charge in [-0.3, -0.25) is 4.79 Å². The van der Waals surface area contributed by atoms with E-state index in [1.54, 1.807) is 0 Å². The van der Waals surface area contributed by atoms with Crippen molar-refractivity contribution >= 4 is 23.4 Å². The number of nitrogens with zero attached hydrogens (tertiary/aromatic N) is 3. The van der Waals surface area contributed by atoms with Gasteiger partial charge in [-0.15, -0.1) is 10.2 Å². The molecule has 0 bridgehead atoms. The number of rotatable bonds is 4. The minimum Gasteiger partial charge on any atom is -0.325 e. The molecule has 1 aromatic heterocycles. The number of aromatic nitrogens is 3. The van der Waals surface area contributed by atoms with Gasteiger partial charge in [0.05, 0.1) is 6.04 Å². The van der Waals surface area contributed by atoms with E-state index in [0.29, 0.717) is 5.16 Å². The molecule has 1 aliphatic rings. The number of nitrogens with one attached hydrogen (secondary N) is 2. The van der Waals surface area contributed by atoms with Crippen LogP contribution in [0.25, 0.3) is 0 Å². The number of amides is 1. The normalized spacial score (nSPS) is 18.2. The van der Waals surface area contributed by atoms with Gasteiger partial charge in [0.1, 0.15) is 11.1 Å². The van der Waals surface area contributed by atoms with E-state index in [-0.39, 0.29) is 17.2 Å². The predicted octanol–water partition coefficient (Wildman–Crippen LogP) is 3.86. The van der Waals surface area contributed by atoms with Gasteiger partial charge in [-0.1, -0.05) is 60.6 Å². The molecule has 1 amide bonds. The monoisotopic (exact) mass is 393 g/mol. The summed E-state index contributed by atoms with van der Waals surface area (Å²) in [7, 11) is 0. The first-order chi connectivity index (χ1) is 13.5. The zero-order valence-electron chi connectivity index (χ0n) is 16.1. The number of carbonyl (C=O) groups excluding carboxylic acids is 1. The number of fused-ring (bicyclic) bond motifs is 1. The first kappa shape index (κ1) is 18.6. The largest absolute Gasteiger partial charge is 0.325 e. The summed E-state index contributed by atoms with van der Waals surface area (Å²) in [5, 5.41) is 11.7. The molecule has 0 aliphatic carbocycles. The van der Waals surface area contributed by atoms with Crippen molar-refractivity contribution in [1.29, 1.82) is 0 Å². The van der Waals surface area contributed by atoms with Crippen molar-refractivity contribution in [3.8, 4) is 0 Å². The quantitative estimate of drug-likeness (QED) is 0.704. The van der Waals surface area contributed by atoms with Gasteiger partial charge in [0.2, 0.25) is 11.1 Å². The molecule has 7 heteroatoms. The zero-order valence-corrected chi connectivity index (χ0v) is 17.0. The van der Waals surface area contributed by atoms with Crippen molar-refractivity contribution < 1.29 is 4.79 Å². The van der Waals surface area contributed by atoms with Crippen molar-refractivity contribution in [3.63, 3.8) is 0 Å². The van der Waals surface area contributed by atoms with E-state index in [2.05, 4.69) is 59.1 Å². The van der Waals surface area contributed by atoms with Gasteiger partial charge in [0.25, 0.3) is 0 Å². The smallest absolute Gasteiger partial charge is 0.240 e. The van der Waals surface area contributed by atoms with E-state index in [4.69, 9.17) is 0 Å². The average Bonchev–Trinajstić information content (AvgIpc) is 3.08. The molecule has 2 unspecified atom stereocenters. The maximum atomic E-state index is 13.2. The van der Waals surface area contributed by atoms with Crippen LogP contribution in [0.3, 0.4) is 0 Å². The second-order valence-corrected chi connectivity index (χ2v) is 8.07. The summed E-state index contributed by atoms with van der Waals surface area (Å²) in [6.07, 6.45) is 0.973. The van der Waals surface area contributed by atoms with Crippen molar-refractivity contribution in [1.82, 2.24) is 14.9 Å². The standard InChI is InChI=1S/C21H23N5OS/c1-4-15-7-11-17(12-8-15)22-20(27)19-18(16-9-5-13(2)6-10-16)25-26-14(3)23-24-21(26)28-19/h5-12,18-19,25H,4H2,1-3H3,(H,22,27). The van der Waals surface area contributed by atoms with E-state index in [0.717, 1.165) is 23.5 Å². The number of anilines is 1. The van der Waals surface area contributed by atoms with Crippen LogP contribution in [-0.4, -0.2) is 26.0 Å². The molecule has 2 heterocycles. The number of benzene rings is 2. The summed E-state index contributed by atoms with van der Waals surface area (Å²) in [5.74, 6) is 0.716. The molecule has 144 valence electrons. The fraction of sp³-hybridized carbons (Fsp3) is 0.286. The van der Waals surface area contributed by atoms with Crippen LogP contribution in [0.2, 0.25) is 0 Å². The number of aryl methyl sites for hydroxylation is 3. The topological polar surface area (TPSA) is 71.8 Å². The summed E-state index contributed by atoms with van der Waals surface area (Å²) < 4.78 is 1.86. The van der Waals surface area contributed by atoms with Gasteiger partial charge < -0.3 is 10.7 Å². The summed E-state index contributed by atoms with van der Waals surface area (Å²) in [6, 6.07) is 16.0. The molecule has 6 nitrogen and oxygen atoms in total. The van der Waals surface area contributed by atoms with Gasteiger partial charge >= 0.3 is 0 Å². The SMILES string of the molecule is CCc1ccc(NC(=O)C2Sc3nnc(C)n3NC2c2ccc(C)cc2)cc1. The number of hydrogen-bond donors (Lipinski definition) is 2. The molecule has 0 radical (unpaired) electrons. The Labute approximate surface area is 168 Å². The molecule has 0 saturated carbocycles. The minimum atomic E-state index is -0.371. The van der Waals surface area contributed by atoms with E-state index in [1.807, 2.05) is 35.9 Å². The maximum absolute atomic E-state index is 13.2. The minimum absolute atomic E-state index is 0.0563. The highest BCUT2D eigenvalue weighted by atomic mass is 32.2. The third-order valence-electron chi connectivity index (χ3n) is 4.92. The maximum Gasteiger partial charge on any atom is 0.240 e. The Balaban J connectivity index is 1.62. The highest BCUT2D eigenvalue weighted by molar-refractivity contribution is 8.00. The Morgan fingerprint density at radius 3 is 2.50 bits per heavy atom. The van der Waals surface area contributed by atoms with Crippen molar-refractivity contribution in [3.05, 3.63) is 71.0 Å². The third-order valence-corrected chi connectivity index (χ3v) is 6.14. The molecule has 2 atom stereocenters. The molecule has 3 aromatic rings. The Bertz CT molecular complexity index is 981. The second kappa shape index (κ2) is 7.67. The summed E-state index contributed by atoms with van der Waals surface area (Å²) in [4.78, 5) is 13.2. The van der Waals surface area contributed by atoms with Crippen LogP contribution in [0.15, 0.2) is 53.7 Å². The third kappa shape index (κ3) is 3.62. The first-order valence-electron chi connectivity index (χ1n) is 9.36. The Morgan fingerprint density at radius 2 is 1.82 bits per heavy atom. The molecule has 2 N–H and O–H groups in total. The summed E-state index contributed by atoms with van der Waals surface area (Å²) >= 11 is 1.43. The molecule has 4 rings (SSSR count). The van der Waals surface area contributed by atoms with Crippen LogP contribution in [-0.2, 0) is 11.2 Å². The second-order valence-electron chi connectivity index (χ2n) is 6.96. The Kier molecular flexibility index (Phi) is 5.09. The van der Waals surface area contributed by atoms with Crippen LogP contribution in [0.4, 0.5) is 5.69 Å². The summed E-state index contributed by atoms with van der Waals surface area (Å²) in [5.41, 5.74) is 7.71. The van der Waals surface area contributed by atoms with Gasteiger partial charge in [0.15, 0.2) is 0 Å². The predicted molar refractivity (Wildman–Crippen MR) is 112 cm³/mol. The lowest BCUT2D eigenvalue weighted by Crippen LogP contribution is -2.41. The number of thioether (sulfide) groups is 1. The van der Waals surface area contributed by atoms with Gasteiger partial charge in [-0.05, 0) is 43.5 Å². The van der Waals surface area contributed by atoms with E-state index < -0.39 is 0 Å². The van der Waals surface area contributed by atoms with Crippen molar-refractivity contribution in [2.75, 3.05) is 10.7 Å². The molecule has 1 aliphatic heterocycles. The molecular weight excluding hydrogens is 370 g/mol. The molecule has 0 fully saturated rings. The molecule has 2 aromatic carbocycles. The lowest BCUT2D eigenvalue weighted by molar-refractivity contribution is -0.116.